The first-order valence-corrected chi connectivity index (χ1v) is 5.11. The normalized spacial score (nSPS) is 14.5. The Bertz CT molecular complexity index is 401. The van der Waals surface area contributed by atoms with Crippen molar-refractivity contribution in [3.63, 3.8) is 0 Å². The summed E-state index contributed by atoms with van der Waals surface area (Å²) in [5.41, 5.74) is 0.489. The van der Waals surface area contributed by atoms with Crippen molar-refractivity contribution >= 4 is 11.9 Å². The van der Waals surface area contributed by atoms with Crippen molar-refractivity contribution < 1.29 is 14.7 Å². The molecule has 1 saturated carbocycles. The van der Waals surface area contributed by atoms with Crippen LogP contribution in [-0.2, 0) is 4.79 Å². The van der Waals surface area contributed by atoms with E-state index in [-0.39, 0.29) is 18.5 Å². The minimum atomic E-state index is -0.977. The third-order valence-electron chi connectivity index (χ3n) is 2.48. The fourth-order valence-electron chi connectivity index (χ4n) is 1.56. The quantitative estimate of drug-likeness (QED) is 0.813. The Hall–Kier alpha value is -1.91. The molecule has 0 spiro atoms. The van der Waals surface area contributed by atoms with E-state index in [0.717, 1.165) is 12.8 Å². The van der Waals surface area contributed by atoms with E-state index in [9.17, 15) is 9.59 Å². The molecule has 2 rings (SSSR count). The number of carboxylic acids is 1. The summed E-state index contributed by atoms with van der Waals surface area (Å²) in [6.07, 6.45) is 4.84. The topological polar surface area (TPSA) is 70.5 Å². The maximum Gasteiger partial charge on any atom is 0.323 e. The highest BCUT2D eigenvalue weighted by Gasteiger charge is 2.34. The van der Waals surface area contributed by atoms with Crippen molar-refractivity contribution in [3.8, 4) is 0 Å². The summed E-state index contributed by atoms with van der Waals surface area (Å²) in [5, 5.41) is 8.75. The number of aliphatic carboxylic acids is 1. The highest BCUT2D eigenvalue weighted by Crippen LogP contribution is 2.27. The predicted octanol–water partition coefficient (Wildman–Crippen LogP) is 0.771. The first kappa shape index (κ1) is 10.6. The van der Waals surface area contributed by atoms with Crippen molar-refractivity contribution in [1.82, 2.24) is 9.88 Å². The van der Waals surface area contributed by atoms with E-state index in [1.165, 1.54) is 17.3 Å². The Labute approximate surface area is 92.7 Å². The number of hydrogen-bond acceptors (Lipinski definition) is 3. The molecule has 1 aromatic rings. The summed E-state index contributed by atoms with van der Waals surface area (Å²) in [5.74, 6) is -1.21. The zero-order valence-corrected chi connectivity index (χ0v) is 8.67. The minimum absolute atomic E-state index is 0.0942. The molecule has 1 aliphatic carbocycles. The van der Waals surface area contributed by atoms with Gasteiger partial charge in [0.1, 0.15) is 6.54 Å². The largest absolute Gasteiger partial charge is 0.480 e. The molecule has 16 heavy (non-hydrogen) atoms. The molecule has 0 unspecified atom stereocenters. The molecule has 0 aliphatic heterocycles. The number of carboxylic acid groups (broad SMARTS) is 1. The number of rotatable bonds is 4. The monoisotopic (exact) mass is 220 g/mol. The van der Waals surface area contributed by atoms with Gasteiger partial charge in [0.25, 0.3) is 5.91 Å². The zero-order chi connectivity index (χ0) is 11.5. The Kier molecular flexibility index (Phi) is 2.85. The smallest absolute Gasteiger partial charge is 0.323 e. The molecule has 0 saturated heterocycles. The van der Waals surface area contributed by atoms with E-state index < -0.39 is 5.97 Å². The number of aromatic nitrogens is 1. The Balaban J connectivity index is 2.14. The minimum Gasteiger partial charge on any atom is -0.480 e. The first-order valence-electron chi connectivity index (χ1n) is 5.11. The van der Waals surface area contributed by atoms with E-state index >= 15 is 0 Å². The van der Waals surface area contributed by atoms with Gasteiger partial charge in [0.05, 0.1) is 0 Å². The van der Waals surface area contributed by atoms with E-state index in [1.807, 2.05) is 0 Å². The summed E-state index contributed by atoms with van der Waals surface area (Å²) in [7, 11) is 0. The van der Waals surface area contributed by atoms with Crippen LogP contribution >= 0.6 is 0 Å². The number of carbonyl (C=O) groups is 2. The van der Waals surface area contributed by atoms with Crippen molar-refractivity contribution in [1.29, 1.82) is 0 Å². The van der Waals surface area contributed by atoms with Crippen LogP contribution in [0.5, 0.6) is 0 Å². The van der Waals surface area contributed by atoms with Gasteiger partial charge in [-0.25, -0.2) is 0 Å². The molecule has 1 fully saturated rings. The van der Waals surface area contributed by atoms with E-state index in [4.69, 9.17) is 5.11 Å². The highest BCUT2D eigenvalue weighted by atomic mass is 16.4. The van der Waals surface area contributed by atoms with Gasteiger partial charge in [-0.3, -0.25) is 14.6 Å². The summed E-state index contributed by atoms with van der Waals surface area (Å²) in [6, 6.07) is 3.29. The predicted molar refractivity (Wildman–Crippen MR) is 55.9 cm³/mol. The lowest BCUT2D eigenvalue weighted by Gasteiger charge is -2.19. The maximum absolute atomic E-state index is 12.0. The molecule has 1 N–H and O–H groups in total. The number of pyridine rings is 1. The second kappa shape index (κ2) is 4.30. The van der Waals surface area contributed by atoms with Crippen LogP contribution in [0.4, 0.5) is 0 Å². The van der Waals surface area contributed by atoms with Crippen molar-refractivity contribution in [2.45, 2.75) is 18.9 Å². The molecule has 1 aromatic heterocycles. The summed E-state index contributed by atoms with van der Waals surface area (Å²) < 4.78 is 0. The van der Waals surface area contributed by atoms with E-state index in [0.29, 0.717) is 5.56 Å². The lowest BCUT2D eigenvalue weighted by Crippen LogP contribution is -2.37. The summed E-state index contributed by atoms with van der Waals surface area (Å²) >= 11 is 0. The van der Waals surface area contributed by atoms with E-state index in [1.54, 1.807) is 12.1 Å². The van der Waals surface area contributed by atoms with Gasteiger partial charge in [0.2, 0.25) is 0 Å². The van der Waals surface area contributed by atoms with Gasteiger partial charge >= 0.3 is 5.97 Å². The molecule has 0 aromatic carbocycles. The number of nitrogens with zero attached hydrogens (tertiary/aromatic N) is 2. The van der Waals surface area contributed by atoms with E-state index in [2.05, 4.69) is 4.98 Å². The molecule has 5 heteroatoms. The molecule has 0 atom stereocenters. The molecule has 1 aliphatic rings. The van der Waals surface area contributed by atoms with Gasteiger partial charge in [-0.15, -0.1) is 0 Å². The van der Waals surface area contributed by atoms with Gasteiger partial charge in [-0.05, 0) is 25.0 Å². The Morgan fingerprint density at radius 3 is 2.50 bits per heavy atom. The van der Waals surface area contributed by atoms with Crippen molar-refractivity contribution in [2.24, 2.45) is 0 Å². The number of amides is 1. The Morgan fingerprint density at radius 2 is 2.00 bits per heavy atom. The zero-order valence-electron chi connectivity index (χ0n) is 8.67. The molecular weight excluding hydrogens is 208 g/mol. The van der Waals surface area contributed by atoms with Crippen LogP contribution in [0, 0.1) is 0 Å². The maximum atomic E-state index is 12.0. The van der Waals surface area contributed by atoms with Crippen LogP contribution < -0.4 is 0 Å². The average molecular weight is 220 g/mol. The first-order chi connectivity index (χ1) is 7.68. The van der Waals surface area contributed by atoms with Crippen LogP contribution in [-0.4, -0.2) is 39.5 Å². The molecular formula is C11H12N2O3. The fourth-order valence-corrected chi connectivity index (χ4v) is 1.56. The third kappa shape index (κ3) is 2.36. The second-order valence-corrected chi connectivity index (χ2v) is 3.79. The van der Waals surface area contributed by atoms with Gasteiger partial charge in [0.15, 0.2) is 0 Å². The molecule has 1 heterocycles. The SMILES string of the molecule is O=C(O)CN(C(=O)c1ccncc1)C1CC1. The van der Waals surface area contributed by atoms with Crippen molar-refractivity contribution in [2.75, 3.05) is 6.54 Å². The average Bonchev–Trinajstić information content (AvgIpc) is 3.10. The van der Waals surface area contributed by atoms with Crippen LogP contribution in [0.25, 0.3) is 0 Å². The van der Waals surface area contributed by atoms with Gasteiger partial charge in [-0.1, -0.05) is 0 Å². The highest BCUT2D eigenvalue weighted by molar-refractivity contribution is 5.96. The lowest BCUT2D eigenvalue weighted by molar-refractivity contribution is -0.137. The van der Waals surface area contributed by atoms with Crippen LogP contribution in [0.15, 0.2) is 24.5 Å². The molecule has 5 nitrogen and oxygen atoms in total. The fraction of sp³-hybridized carbons (Fsp3) is 0.364. The molecule has 0 bridgehead atoms. The van der Waals surface area contributed by atoms with Crippen LogP contribution in [0.3, 0.4) is 0 Å². The molecule has 84 valence electrons. The summed E-state index contributed by atoms with van der Waals surface area (Å²) in [6.45, 7) is -0.230. The van der Waals surface area contributed by atoms with Crippen molar-refractivity contribution in [3.05, 3.63) is 30.1 Å². The molecule has 0 radical (unpaired) electrons. The third-order valence-corrected chi connectivity index (χ3v) is 2.48. The second-order valence-electron chi connectivity index (χ2n) is 3.79. The number of carbonyl (C=O) groups excluding carboxylic acids is 1. The van der Waals surface area contributed by atoms with Gasteiger partial charge in [-0.2, -0.15) is 0 Å². The van der Waals surface area contributed by atoms with Crippen LogP contribution in [0.2, 0.25) is 0 Å². The standard InChI is InChI=1S/C11H12N2O3/c14-10(15)7-13(9-1-2-9)11(16)8-3-5-12-6-4-8/h3-6,9H,1-2,7H2,(H,14,15). The Morgan fingerprint density at radius 1 is 1.38 bits per heavy atom. The lowest BCUT2D eigenvalue weighted by atomic mass is 10.2. The number of hydrogen-bond donors (Lipinski definition) is 1. The molecule has 1 amide bonds. The van der Waals surface area contributed by atoms with Gasteiger partial charge in [0, 0.05) is 24.0 Å². The van der Waals surface area contributed by atoms with Gasteiger partial charge < -0.3 is 10.0 Å². The summed E-state index contributed by atoms with van der Waals surface area (Å²) in [4.78, 5) is 27.9. The van der Waals surface area contributed by atoms with Crippen LogP contribution in [0.1, 0.15) is 23.2 Å².